The minimum absolute atomic E-state index is 0.193. The van der Waals surface area contributed by atoms with Gasteiger partial charge in [-0.3, -0.25) is 20.4 Å². The Bertz CT molecular complexity index is 937. The molecule has 0 saturated carbocycles. The number of ether oxygens (including phenoxy) is 3. The Hall–Kier alpha value is -3.48. The van der Waals surface area contributed by atoms with Gasteiger partial charge in [-0.05, 0) is 53.8 Å². The van der Waals surface area contributed by atoms with Crippen molar-refractivity contribution in [1.82, 2.24) is 10.9 Å². The molecule has 0 radical (unpaired) electrons. The molecule has 0 fully saturated rings. The van der Waals surface area contributed by atoms with Crippen LogP contribution in [-0.4, -0.2) is 25.2 Å². The molecule has 2 amide bonds. The van der Waals surface area contributed by atoms with Crippen LogP contribution >= 0.6 is 0 Å². The Morgan fingerprint density at radius 3 is 2.69 bits per heavy atom. The molecule has 0 unspecified atom stereocenters. The maximum absolute atomic E-state index is 12.0. The number of hydrazine groups is 1. The molecule has 2 aromatic rings. The van der Waals surface area contributed by atoms with E-state index in [1.807, 2.05) is 25.1 Å². The van der Waals surface area contributed by atoms with E-state index in [1.165, 1.54) is 6.08 Å². The van der Waals surface area contributed by atoms with Crippen LogP contribution in [0.25, 0.3) is 6.08 Å². The van der Waals surface area contributed by atoms with Gasteiger partial charge in [0.25, 0.3) is 11.8 Å². The van der Waals surface area contributed by atoms with Crippen molar-refractivity contribution < 1.29 is 23.8 Å². The Kier molecular flexibility index (Phi) is 6.39. The van der Waals surface area contributed by atoms with Gasteiger partial charge in [-0.25, -0.2) is 0 Å². The number of hydrogen-bond donors (Lipinski definition) is 2. The summed E-state index contributed by atoms with van der Waals surface area (Å²) in [7, 11) is 0. The van der Waals surface area contributed by atoms with Crippen molar-refractivity contribution in [2.24, 2.45) is 0 Å². The van der Waals surface area contributed by atoms with Gasteiger partial charge in [0.05, 0.1) is 0 Å². The molecule has 152 valence electrons. The predicted octanol–water partition coefficient (Wildman–Crippen LogP) is 3.09. The van der Waals surface area contributed by atoms with Crippen molar-refractivity contribution in [3.05, 3.63) is 59.2 Å². The minimum Gasteiger partial charge on any atom is -0.483 e. The highest BCUT2D eigenvalue weighted by Gasteiger charge is 2.13. The summed E-state index contributed by atoms with van der Waals surface area (Å²) in [6, 6.07) is 11.3. The third-order valence-corrected chi connectivity index (χ3v) is 4.30. The van der Waals surface area contributed by atoms with Crippen LogP contribution in [0, 0.1) is 6.92 Å². The zero-order valence-corrected chi connectivity index (χ0v) is 16.7. The standard InChI is InChI=1S/C22H24N2O5/c1-14(2)17-7-4-15(3)10-19(17)27-12-22(26)24-23-21(25)9-6-16-5-8-18-20(11-16)29-13-28-18/h4-11,14H,12-13H2,1-3H3,(H,23,25)(H,24,26). The molecule has 0 saturated heterocycles. The van der Waals surface area contributed by atoms with Crippen molar-refractivity contribution in [2.45, 2.75) is 26.7 Å². The molecule has 2 aromatic carbocycles. The maximum atomic E-state index is 12.0. The van der Waals surface area contributed by atoms with Crippen molar-refractivity contribution in [1.29, 1.82) is 0 Å². The zero-order chi connectivity index (χ0) is 20.8. The molecular formula is C22H24N2O5. The van der Waals surface area contributed by atoms with Crippen molar-refractivity contribution >= 4 is 17.9 Å². The highest BCUT2D eigenvalue weighted by Crippen LogP contribution is 2.32. The van der Waals surface area contributed by atoms with Crippen molar-refractivity contribution in [3.8, 4) is 17.2 Å². The molecule has 1 heterocycles. The molecule has 3 rings (SSSR count). The first-order valence-corrected chi connectivity index (χ1v) is 9.32. The SMILES string of the molecule is Cc1ccc(C(C)C)c(OCC(=O)NNC(=O)C=Cc2ccc3c(c2)OCO3)c1. The van der Waals surface area contributed by atoms with Gasteiger partial charge in [-0.2, -0.15) is 0 Å². The molecular weight excluding hydrogens is 372 g/mol. The first-order valence-electron chi connectivity index (χ1n) is 9.32. The van der Waals surface area contributed by atoms with Crippen molar-refractivity contribution in [2.75, 3.05) is 13.4 Å². The summed E-state index contributed by atoms with van der Waals surface area (Å²) in [5, 5.41) is 0. The predicted molar refractivity (Wildman–Crippen MR) is 109 cm³/mol. The molecule has 29 heavy (non-hydrogen) atoms. The van der Waals surface area contributed by atoms with Gasteiger partial charge in [0.15, 0.2) is 18.1 Å². The van der Waals surface area contributed by atoms with Crippen LogP contribution in [0.15, 0.2) is 42.5 Å². The normalized spacial score (nSPS) is 12.3. The van der Waals surface area contributed by atoms with E-state index in [9.17, 15) is 9.59 Å². The van der Waals surface area contributed by atoms with Gasteiger partial charge in [-0.15, -0.1) is 0 Å². The average molecular weight is 396 g/mol. The van der Waals surface area contributed by atoms with Crippen LogP contribution in [0.2, 0.25) is 0 Å². The summed E-state index contributed by atoms with van der Waals surface area (Å²) in [5.74, 6) is 1.34. The minimum atomic E-state index is -0.463. The fourth-order valence-electron chi connectivity index (χ4n) is 2.78. The number of fused-ring (bicyclic) bond motifs is 1. The van der Waals surface area contributed by atoms with E-state index >= 15 is 0 Å². The Labute approximate surface area is 169 Å². The van der Waals surface area contributed by atoms with E-state index in [4.69, 9.17) is 14.2 Å². The van der Waals surface area contributed by atoms with Crippen LogP contribution in [0.3, 0.4) is 0 Å². The Morgan fingerprint density at radius 2 is 1.90 bits per heavy atom. The summed E-state index contributed by atoms with van der Waals surface area (Å²) in [4.78, 5) is 23.9. The zero-order valence-electron chi connectivity index (χ0n) is 16.7. The molecule has 1 aliphatic rings. The maximum Gasteiger partial charge on any atom is 0.276 e. The molecule has 2 N–H and O–H groups in total. The van der Waals surface area contributed by atoms with E-state index in [1.54, 1.807) is 24.3 Å². The number of hydrogen-bond acceptors (Lipinski definition) is 5. The molecule has 1 aliphatic heterocycles. The smallest absolute Gasteiger partial charge is 0.276 e. The van der Waals surface area contributed by atoms with Gasteiger partial charge in [-0.1, -0.05) is 32.0 Å². The molecule has 7 heteroatoms. The average Bonchev–Trinajstić information content (AvgIpc) is 3.16. The van der Waals surface area contributed by atoms with Crippen LogP contribution < -0.4 is 25.1 Å². The third kappa shape index (κ3) is 5.51. The monoisotopic (exact) mass is 396 g/mol. The fourth-order valence-corrected chi connectivity index (χ4v) is 2.78. The number of amides is 2. The highest BCUT2D eigenvalue weighted by atomic mass is 16.7. The van der Waals surface area contributed by atoms with E-state index in [0.717, 1.165) is 16.7 Å². The molecule has 0 aliphatic carbocycles. The second-order valence-electron chi connectivity index (χ2n) is 6.97. The molecule has 0 atom stereocenters. The lowest BCUT2D eigenvalue weighted by atomic mass is 10.0. The second kappa shape index (κ2) is 9.14. The number of rotatable bonds is 6. The molecule has 0 spiro atoms. The summed E-state index contributed by atoms with van der Waals surface area (Å²) in [5.41, 5.74) is 7.52. The largest absolute Gasteiger partial charge is 0.483 e. The third-order valence-electron chi connectivity index (χ3n) is 4.30. The number of nitrogens with one attached hydrogen (secondary N) is 2. The first-order chi connectivity index (χ1) is 13.9. The van der Waals surface area contributed by atoms with Gasteiger partial charge < -0.3 is 14.2 Å². The van der Waals surface area contributed by atoms with Crippen LogP contribution in [0.1, 0.15) is 36.5 Å². The molecule has 7 nitrogen and oxygen atoms in total. The van der Waals surface area contributed by atoms with E-state index in [0.29, 0.717) is 17.2 Å². The molecule has 0 aromatic heterocycles. The number of carbonyl (C=O) groups excluding carboxylic acids is 2. The summed E-state index contributed by atoms with van der Waals surface area (Å²) in [6.07, 6.45) is 2.93. The van der Waals surface area contributed by atoms with E-state index < -0.39 is 11.8 Å². The number of benzene rings is 2. The van der Waals surface area contributed by atoms with Crippen LogP contribution in [-0.2, 0) is 9.59 Å². The lowest BCUT2D eigenvalue weighted by Crippen LogP contribution is -2.43. The van der Waals surface area contributed by atoms with Gasteiger partial charge in [0.2, 0.25) is 6.79 Å². The topological polar surface area (TPSA) is 85.9 Å². The second-order valence-corrected chi connectivity index (χ2v) is 6.97. The molecule has 0 bridgehead atoms. The van der Waals surface area contributed by atoms with Crippen LogP contribution in [0.5, 0.6) is 17.2 Å². The Morgan fingerprint density at radius 1 is 1.10 bits per heavy atom. The summed E-state index contributed by atoms with van der Waals surface area (Å²) in [6.45, 7) is 6.08. The fraction of sp³-hybridized carbons (Fsp3) is 0.273. The van der Waals surface area contributed by atoms with Gasteiger partial charge in [0, 0.05) is 6.08 Å². The first kappa shape index (κ1) is 20.3. The van der Waals surface area contributed by atoms with E-state index in [-0.39, 0.29) is 19.3 Å². The summed E-state index contributed by atoms with van der Waals surface area (Å²) >= 11 is 0. The Balaban J connectivity index is 1.47. The summed E-state index contributed by atoms with van der Waals surface area (Å²) < 4.78 is 16.2. The van der Waals surface area contributed by atoms with Crippen molar-refractivity contribution in [3.63, 3.8) is 0 Å². The highest BCUT2D eigenvalue weighted by molar-refractivity contribution is 5.93. The lowest BCUT2D eigenvalue weighted by Gasteiger charge is -2.14. The number of carbonyl (C=O) groups is 2. The lowest BCUT2D eigenvalue weighted by molar-refractivity contribution is -0.128. The van der Waals surface area contributed by atoms with Crippen LogP contribution in [0.4, 0.5) is 0 Å². The quantitative estimate of drug-likeness (QED) is 0.579. The van der Waals surface area contributed by atoms with Gasteiger partial charge >= 0.3 is 0 Å². The number of aryl methyl sites for hydroxylation is 1. The van der Waals surface area contributed by atoms with E-state index in [2.05, 4.69) is 24.7 Å². The van der Waals surface area contributed by atoms with Gasteiger partial charge in [0.1, 0.15) is 5.75 Å².